The van der Waals surface area contributed by atoms with E-state index in [-0.39, 0.29) is 0 Å². The van der Waals surface area contributed by atoms with Gasteiger partial charge >= 0.3 is 0 Å². The Hall–Kier alpha value is -0.860. The molecule has 2 unspecified atom stereocenters. The summed E-state index contributed by atoms with van der Waals surface area (Å²) in [5.74, 6) is 1.61. The van der Waals surface area contributed by atoms with Crippen LogP contribution in [0.1, 0.15) is 12.5 Å². The van der Waals surface area contributed by atoms with Gasteiger partial charge in [0.1, 0.15) is 0 Å². The monoisotopic (exact) mass is 204 g/mol. The minimum Gasteiger partial charge on any atom is -0.316 e. The predicted molar refractivity (Wildman–Crippen MR) is 63.7 cm³/mol. The van der Waals surface area contributed by atoms with Crippen LogP contribution in [0.2, 0.25) is 0 Å². The average Bonchev–Trinajstić information content (AvgIpc) is 2.66. The van der Waals surface area contributed by atoms with Gasteiger partial charge in [-0.3, -0.25) is 0 Å². The van der Waals surface area contributed by atoms with E-state index in [4.69, 9.17) is 0 Å². The van der Waals surface area contributed by atoms with Crippen LogP contribution in [-0.4, -0.2) is 19.6 Å². The van der Waals surface area contributed by atoms with Gasteiger partial charge in [-0.25, -0.2) is 0 Å². The Kier molecular flexibility index (Phi) is 3.75. The van der Waals surface area contributed by atoms with E-state index in [1.165, 1.54) is 18.7 Å². The van der Waals surface area contributed by atoms with Crippen molar-refractivity contribution in [2.24, 2.45) is 11.8 Å². The van der Waals surface area contributed by atoms with Crippen LogP contribution < -0.4 is 10.6 Å². The zero-order valence-electron chi connectivity index (χ0n) is 9.37. The van der Waals surface area contributed by atoms with Crippen molar-refractivity contribution in [3.63, 3.8) is 0 Å². The van der Waals surface area contributed by atoms with Crippen molar-refractivity contribution in [3.05, 3.63) is 35.9 Å². The summed E-state index contributed by atoms with van der Waals surface area (Å²) in [7, 11) is 0. The molecule has 0 bridgehead atoms. The Labute approximate surface area is 92.1 Å². The number of rotatable bonds is 4. The van der Waals surface area contributed by atoms with Crippen LogP contribution in [0.4, 0.5) is 0 Å². The molecule has 1 aromatic rings. The van der Waals surface area contributed by atoms with Crippen molar-refractivity contribution in [3.8, 4) is 0 Å². The van der Waals surface area contributed by atoms with Gasteiger partial charge in [0.2, 0.25) is 0 Å². The minimum atomic E-state index is 0.800. The molecule has 0 amide bonds. The maximum absolute atomic E-state index is 3.53. The first-order valence-electron chi connectivity index (χ1n) is 5.81. The molecule has 2 N–H and O–H groups in total. The highest BCUT2D eigenvalue weighted by molar-refractivity contribution is 5.14. The second-order valence-electron chi connectivity index (χ2n) is 4.51. The van der Waals surface area contributed by atoms with Gasteiger partial charge in [-0.15, -0.1) is 0 Å². The summed E-state index contributed by atoms with van der Waals surface area (Å²) in [5, 5.41) is 6.96. The van der Waals surface area contributed by atoms with Gasteiger partial charge in [0.05, 0.1) is 0 Å². The average molecular weight is 204 g/mol. The summed E-state index contributed by atoms with van der Waals surface area (Å²) in [6.07, 6.45) is 0. The Balaban J connectivity index is 1.71. The van der Waals surface area contributed by atoms with Crippen LogP contribution in [0.3, 0.4) is 0 Å². The van der Waals surface area contributed by atoms with E-state index in [1.807, 2.05) is 0 Å². The SMILES string of the molecule is CC1CNCC1CNCc1ccccc1. The molecule has 0 aliphatic carbocycles. The highest BCUT2D eigenvalue weighted by Gasteiger charge is 2.21. The van der Waals surface area contributed by atoms with Gasteiger partial charge in [0.25, 0.3) is 0 Å². The van der Waals surface area contributed by atoms with Crippen LogP contribution in [0, 0.1) is 11.8 Å². The molecule has 15 heavy (non-hydrogen) atoms. The van der Waals surface area contributed by atoms with Crippen molar-refractivity contribution in [1.29, 1.82) is 0 Å². The smallest absolute Gasteiger partial charge is 0.0205 e. The summed E-state index contributed by atoms with van der Waals surface area (Å²) >= 11 is 0. The van der Waals surface area contributed by atoms with E-state index in [2.05, 4.69) is 47.9 Å². The molecule has 2 nitrogen and oxygen atoms in total. The van der Waals surface area contributed by atoms with Crippen molar-refractivity contribution in [1.82, 2.24) is 10.6 Å². The topological polar surface area (TPSA) is 24.1 Å². The minimum absolute atomic E-state index is 0.800. The Morgan fingerprint density at radius 3 is 2.73 bits per heavy atom. The molecule has 1 aliphatic heterocycles. The molecular formula is C13H20N2. The molecule has 1 heterocycles. The highest BCUT2D eigenvalue weighted by Crippen LogP contribution is 2.14. The van der Waals surface area contributed by atoms with Crippen LogP contribution in [0.25, 0.3) is 0 Å². The van der Waals surface area contributed by atoms with Crippen molar-refractivity contribution < 1.29 is 0 Å². The molecule has 2 atom stereocenters. The van der Waals surface area contributed by atoms with Gasteiger partial charge in [-0.1, -0.05) is 37.3 Å². The first kappa shape index (κ1) is 10.7. The number of hydrogen-bond acceptors (Lipinski definition) is 2. The fourth-order valence-electron chi connectivity index (χ4n) is 2.14. The van der Waals surface area contributed by atoms with Crippen LogP contribution in [0.15, 0.2) is 30.3 Å². The van der Waals surface area contributed by atoms with Gasteiger partial charge in [0.15, 0.2) is 0 Å². The highest BCUT2D eigenvalue weighted by atomic mass is 14.9. The second kappa shape index (κ2) is 5.29. The normalized spacial score (nSPS) is 25.7. The molecule has 1 saturated heterocycles. The Morgan fingerprint density at radius 2 is 2.07 bits per heavy atom. The quantitative estimate of drug-likeness (QED) is 0.779. The van der Waals surface area contributed by atoms with Gasteiger partial charge in [-0.05, 0) is 37.0 Å². The fourth-order valence-corrected chi connectivity index (χ4v) is 2.14. The molecule has 82 valence electrons. The molecule has 0 spiro atoms. The molecule has 0 aromatic heterocycles. The fraction of sp³-hybridized carbons (Fsp3) is 0.538. The predicted octanol–water partition coefficient (Wildman–Crippen LogP) is 1.63. The summed E-state index contributed by atoms with van der Waals surface area (Å²) < 4.78 is 0. The summed E-state index contributed by atoms with van der Waals surface area (Å²) in [6.45, 7) is 6.79. The zero-order chi connectivity index (χ0) is 10.5. The largest absolute Gasteiger partial charge is 0.316 e. The lowest BCUT2D eigenvalue weighted by atomic mass is 9.98. The molecule has 2 heteroatoms. The first-order chi connectivity index (χ1) is 7.36. The third-order valence-electron chi connectivity index (χ3n) is 3.26. The van der Waals surface area contributed by atoms with E-state index >= 15 is 0 Å². The zero-order valence-corrected chi connectivity index (χ0v) is 9.37. The van der Waals surface area contributed by atoms with Crippen LogP contribution in [-0.2, 0) is 6.54 Å². The lowest BCUT2D eigenvalue weighted by Gasteiger charge is -2.14. The summed E-state index contributed by atoms with van der Waals surface area (Å²) in [6, 6.07) is 10.6. The Bertz CT molecular complexity index is 284. The van der Waals surface area contributed by atoms with E-state index in [0.29, 0.717) is 0 Å². The van der Waals surface area contributed by atoms with E-state index in [0.717, 1.165) is 24.9 Å². The Morgan fingerprint density at radius 1 is 1.27 bits per heavy atom. The number of benzene rings is 1. The van der Waals surface area contributed by atoms with Crippen molar-refractivity contribution in [2.75, 3.05) is 19.6 Å². The number of hydrogen-bond donors (Lipinski definition) is 2. The molecule has 2 rings (SSSR count). The first-order valence-corrected chi connectivity index (χ1v) is 5.81. The van der Waals surface area contributed by atoms with Gasteiger partial charge in [-0.2, -0.15) is 0 Å². The third-order valence-corrected chi connectivity index (χ3v) is 3.26. The van der Waals surface area contributed by atoms with Crippen LogP contribution >= 0.6 is 0 Å². The maximum atomic E-state index is 3.53. The van der Waals surface area contributed by atoms with Crippen molar-refractivity contribution in [2.45, 2.75) is 13.5 Å². The van der Waals surface area contributed by atoms with E-state index in [1.54, 1.807) is 0 Å². The van der Waals surface area contributed by atoms with Crippen LogP contribution in [0.5, 0.6) is 0 Å². The molecular weight excluding hydrogens is 184 g/mol. The molecule has 1 aromatic carbocycles. The summed E-state index contributed by atoms with van der Waals surface area (Å²) in [5.41, 5.74) is 1.37. The van der Waals surface area contributed by atoms with E-state index in [9.17, 15) is 0 Å². The van der Waals surface area contributed by atoms with Gasteiger partial charge in [0, 0.05) is 6.54 Å². The second-order valence-corrected chi connectivity index (χ2v) is 4.51. The lowest BCUT2D eigenvalue weighted by Crippen LogP contribution is -2.26. The molecule has 0 radical (unpaired) electrons. The van der Waals surface area contributed by atoms with Crippen molar-refractivity contribution >= 4 is 0 Å². The molecule has 0 saturated carbocycles. The summed E-state index contributed by atoms with van der Waals surface area (Å²) in [4.78, 5) is 0. The molecule has 1 aliphatic rings. The van der Waals surface area contributed by atoms with Gasteiger partial charge < -0.3 is 10.6 Å². The number of nitrogens with one attached hydrogen (secondary N) is 2. The standard InChI is InChI=1S/C13H20N2/c1-11-7-14-9-13(11)10-15-8-12-5-3-2-4-6-12/h2-6,11,13-15H,7-10H2,1H3. The van der Waals surface area contributed by atoms with E-state index < -0.39 is 0 Å². The maximum Gasteiger partial charge on any atom is 0.0205 e. The third kappa shape index (κ3) is 3.05. The lowest BCUT2D eigenvalue weighted by molar-refractivity contribution is 0.420. The molecule has 1 fully saturated rings.